The number of ether oxygens (including phenoxy) is 1. The van der Waals surface area contributed by atoms with Gasteiger partial charge in [-0.1, -0.05) is 40.0 Å². The van der Waals surface area contributed by atoms with Crippen molar-refractivity contribution in [3.05, 3.63) is 30.5 Å². The molecule has 0 aromatic carbocycles. The summed E-state index contributed by atoms with van der Waals surface area (Å²) in [4.78, 5) is 2.55. The molecule has 8 heteroatoms. The Morgan fingerprint density at radius 1 is 1.18 bits per heavy atom. The molecule has 39 heavy (non-hydrogen) atoms. The lowest BCUT2D eigenvalue weighted by atomic mass is 9.67. The Morgan fingerprint density at radius 3 is 2.69 bits per heavy atom. The zero-order chi connectivity index (χ0) is 27.7. The molecule has 2 aliphatic heterocycles. The van der Waals surface area contributed by atoms with Gasteiger partial charge in [0, 0.05) is 30.7 Å². The van der Waals surface area contributed by atoms with Crippen LogP contribution in [-0.4, -0.2) is 69.8 Å². The second kappa shape index (κ2) is 12.5. The van der Waals surface area contributed by atoms with Crippen molar-refractivity contribution in [3.8, 4) is 0 Å². The molecule has 2 heterocycles. The first-order chi connectivity index (χ1) is 18.7. The predicted octanol–water partition coefficient (Wildman–Crippen LogP) is 5.95. The largest absolute Gasteiger partial charge is 0.748 e. The second-order valence-electron chi connectivity index (χ2n) is 12.8. The van der Waals surface area contributed by atoms with Crippen LogP contribution in [-0.2, 0) is 14.9 Å². The Balaban J connectivity index is 1.42. The smallest absolute Gasteiger partial charge is 0.235 e. The second-order valence-corrected chi connectivity index (χ2v) is 15.6. The predicted molar refractivity (Wildman–Crippen MR) is 159 cm³/mol. The van der Waals surface area contributed by atoms with Crippen LogP contribution in [0, 0.1) is 30.6 Å². The first-order valence-corrected chi connectivity index (χ1v) is 18.0. The quantitative estimate of drug-likeness (QED) is 0.191. The van der Waals surface area contributed by atoms with Gasteiger partial charge < -0.3 is 21.1 Å². The summed E-state index contributed by atoms with van der Waals surface area (Å²) in [6.45, 7) is 12.7. The zero-order valence-corrected chi connectivity index (χ0v) is 25.9. The molecule has 0 aromatic rings. The number of allylic oxidation sites excluding steroid dienone is 2. The molecule has 0 spiro atoms. The van der Waals surface area contributed by atoms with Crippen molar-refractivity contribution in [3.63, 3.8) is 0 Å². The SMILES string of the molecule is [CH2-]CCN1C(=CC(=CC2=[N+](CCCS(=O)(=O)[O-])C3CC(C)C(C)CC3S2)CC)OC2CCC3CCCCC3C21. The van der Waals surface area contributed by atoms with E-state index in [9.17, 15) is 13.0 Å². The summed E-state index contributed by atoms with van der Waals surface area (Å²) >= 11 is 1.96. The van der Waals surface area contributed by atoms with Gasteiger partial charge in [-0.05, 0) is 79.7 Å². The van der Waals surface area contributed by atoms with E-state index >= 15 is 0 Å². The summed E-state index contributed by atoms with van der Waals surface area (Å²) in [5, 5.41) is 1.75. The Hall–Kier alpha value is -0.990. The van der Waals surface area contributed by atoms with E-state index in [1.165, 1.54) is 49.1 Å². The molecular weight excluding hydrogens is 528 g/mol. The van der Waals surface area contributed by atoms with Crippen LogP contribution in [0.3, 0.4) is 0 Å². The van der Waals surface area contributed by atoms with Gasteiger partial charge in [0.05, 0.1) is 21.4 Å². The number of fused-ring (bicyclic) bond motifs is 4. The molecule has 0 amide bonds. The Bertz CT molecular complexity index is 1080. The fourth-order valence-electron chi connectivity index (χ4n) is 8.08. The monoisotopic (exact) mass is 577 g/mol. The van der Waals surface area contributed by atoms with Crippen LogP contribution in [0.1, 0.15) is 91.4 Å². The summed E-state index contributed by atoms with van der Waals surface area (Å²) in [6.07, 6.45) is 17.3. The van der Waals surface area contributed by atoms with Crippen molar-refractivity contribution < 1.29 is 22.3 Å². The minimum absolute atomic E-state index is 0.294. The molecule has 1 saturated heterocycles. The Labute approximate surface area is 241 Å². The third-order valence-electron chi connectivity index (χ3n) is 10.3. The highest BCUT2D eigenvalue weighted by Crippen LogP contribution is 2.48. The van der Waals surface area contributed by atoms with Crippen LogP contribution in [0.15, 0.2) is 23.6 Å². The van der Waals surface area contributed by atoms with Crippen LogP contribution in [0.4, 0.5) is 0 Å². The fourth-order valence-corrected chi connectivity index (χ4v) is 10.3. The molecule has 5 aliphatic rings. The zero-order valence-electron chi connectivity index (χ0n) is 24.2. The van der Waals surface area contributed by atoms with Gasteiger partial charge in [0.2, 0.25) is 5.04 Å². The summed E-state index contributed by atoms with van der Waals surface area (Å²) in [6, 6.07) is 0.893. The summed E-state index contributed by atoms with van der Waals surface area (Å²) in [5.41, 5.74) is 1.25. The van der Waals surface area contributed by atoms with Crippen LogP contribution >= 0.6 is 11.8 Å². The lowest BCUT2D eigenvalue weighted by molar-refractivity contribution is -0.563. The number of nitrogens with zero attached hydrogens (tertiary/aromatic N) is 2. The van der Waals surface area contributed by atoms with Crippen molar-refractivity contribution in [2.24, 2.45) is 23.7 Å². The van der Waals surface area contributed by atoms with Crippen LogP contribution < -0.4 is 0 Å². The topological polar surface area (TPSA) is 72.7 Å². The number of rotatable bonds is 9. The molecule has 6 nitrogen and oxygen atoms in total. The average Bonchev–Trinajstić information content (AvgIpc) is 3.40. The molecule has 4 fully saturated rings. The van der Waals surface area contributed by atoms with Crippen LogP contribution in [0.2, 0.25) is 0 Å². The van der Waals surface area contributed by atoms with E-state index < -0.39 is 10.1 Å². The molecular formula is C31H49N2O4S2-. The Kier molecular flexibility index (Phi) is 9.44. The highest BCUT2D eigenvalue weighted by molar-refractivity contribution is 8.14. The van der Waals surface area contributed by atoms with Gasteiger partial charge in [-0.2, -0.15) is 6.42 Å². The molecule has 0 aromatic heterocycles. The Morgan fingerprint density at radius 2 is 1.95 bits per heavy atom. The van der Waals surface area contributed by atoms with E-state index in [0.717, 1.165) is 49.9 Å². The van der Waals surface area contributed by atoms with Crippen molar-refractivity contribution in [1.29, 1.82) is 0 Å². The van der Waals surface area contributed by atoms with E-state index in [4.69, 9.17) is 4.74 Å². The molecule has 8 atom stereocenters. The minimum Gasteiger partial charge on any atom is -0.748 e. The summed E-state index contributed by atoms with van der Waals surface area (Å²) in [5.74, 6) is 3.65. The highest BCUT2D eigenvalue weighted by atomic mass is 32.2. The fraction of sp³-hybridized carbons (Fsp3) is 0.806. The first-order valence-electron chi connectivity index (χ1n) is 15.6. The van der Waals surface area contributed by atoms with Gasteiger partial charge in [0.1, 0.15) is 12.6 Å². The first kappa shape index (κ1) is 29.5. The lowest BCUT2D eigenvalue weighted by Gasteiger charge is -2.44. The molecule has 0 bridgehead atoms. The van der Waals surface area contributed by atoms with E-state index in [2.05, 4.69) is 49.3 Å². The third-order valence-corrected chi connectivity index (χ3v) is 12.5. The average molecular weight is 578 g/mol. The van der Waals surface area contributed by atoms with Crippen molar-refractivity contribution in [2.75, 3.05) is 18.8 Å². The third kappa shape index (κ3) is 6.58. The maximum absolute atomic E-state index is 11.3. The lowest BCUT2D eigenvalue weighted by Crippen LogP contribution is -2.48. The van der Waals surface area contributed by atoms with E-state index in [1.54, 1.807) is 0 Å². The van der Waals surface area contributed by atoms with Crippen molar-refractivity contribution in [2.45, 2.75) is 115 Å². The van der Waals surface area contributed by atoms with E-state index in [0.29, 0.717) is 48.2 Å². The standard InChI is InChI=1S/C31H50N2O4S2/c1-5-14-33-29(37-27-13-12-24-10-7-8-11-25(24)31(27)33)19-23(6-2)20-30-32(15-9-16-39(34,35)36)26-17-21(3)22(4)18-28(26)38-30/h19-22,24-28,31H,1,5-18H2,2-4H3,(H,34,35,36)/p-1. The van der Waals surface area contributed by atoms with Gasteiger partial charge in [0.15, 0.2) is 11.9 Å². The highest BCUT2D eigenvalue weighted by Gasteiger charge is 2.49. The minimum atomic E-state index is -4.20. The normalized spacial score (nSPS) is 38.0. The van der Waals surface area contributed by atoms with Gasteiger partial charge in [-0.25, -0.2) is 13.0 Å². The van der Waals surface area contributed by atoms with Gasteiger partial charge in [-0.15, -0.1) is 0 Å². The molecule has 0 N–H and O–H groups in total. The molecule has 5 rings (SSSR count). The maximum atomic E-state index is 11.3. The summed E-state index contributed by atoms with van der Waals surface area (Å²) < 4.78 is 43.1. The number of hydrogen-bond donors (Lipinski definition) is 0. The van der Waals surface area contributed by atoms with Crippen LogP contribution in [0.25, 0.3) is 0 Å². The van der Waals surface area contributed by atoms with E-state index in [-0.39, 0.29) is 5.75 Å². The molecule has 3 aliphatic carbocycles. The molecule has 3 saturated carbocycles. The molecule has 8 unspecified atom stereocenters. The molecule has 220 valence electrons. The van der Waals surface area contributed by atoms with Crippen molar-refractivity contribution >= 4 is 26.9 Å². The maximum Gasteiger partial charge on any atom is 0.235 e. The van der Waals surface area contributed by atoms with E-state index in [1.807, 2.05) is 11.8 Å². The summed E-state index contributed by atoms with van der Waals surface area (Å²) in [7, 11) is -4.20. The molecule has 0 radical (unpaired) electrons. The number of thioether (sulfide) groups is 1. The van der Waals surface area contributed by atoms with Gasteiger partial charge in [-0.3, -0.25) is 0 Å². The van der Waals surface area contributed by atoms with Crippen molar-refractivity contribution in [1.82, 2.24) is 4.90 Å². The van der Waals surface area contributed by atoms with Crippen LogP contribution in [0.5, 0.6) is 0 Å². The number of hydrogen-bond acceptors (Lipinski definition) is 6. The van der Waals surface area contributed by atoms with Gasteiger partial charge in [0.25, 0.3) is 0 Å². The van der Waals surface area contributed by atoms with Gasteiger partial charge >= 0.3 is 0 Å².